The number of aryl methyl sites for hydroxylation is 1. The number of hydrogen-bond acceptors (Lipinski definition) is 5. The van der Waals surface area contributed by atoms with Gasteiger partial charge in [-0.2, -0.15) is 0 Å². The lowest BCUT2D eigenvalue weighted by Gasteiger charge is -2.11. The standard InChI is InChI=1S/C11H15N3O3S/c1-2-5-14-6-4-12-10(11(14)15)13-9-3-7-18(16,17)8-9/h3-4,6-7,9H,2,5,8H2,1H3,(H,12,13). The molecule has 98 valence electrons. The van der Waals surface area contributed by atoms with Crippen LogP contribution in [0.2, 0.25) is 0 Å². The van der Waals surface area contributed by atoms with Crippen molar-refractivity contribution in [3.05, 3.63) is 34.2 Å². The maximum Gasteiger partial charge on any atom is 0.293 e. The molecule has 0 fully saturated rings. The van der Waals surface area contributed by atoms with E-state index in [0.29, 0.717) is 6.54 Å². The summed E-state index contributed by atoms with van der Waals surface area (Å²) in [6.45, 7) is 2.60. The quantitative estimate of drug-likeness (QED) is 0.854. The number of anilines is 1. The minimum absolute atomic E-state index is 0.0310. The highest BCUT2D eigenvalue weighted by Crippen LogP contribution is 2.11. The number of nitrogens with one attached hydrogen (secondary N) is 1. The molecule has 0 radical (unpaired) electrons. The number of aromatic nitrogens is 2. The third kappa shape index (κ3) is 2.79. The Labute approximate surface area is 105 Å². The molecule has 1 N–H and O–H groups in total. The highest BCUT2D eigenvalue weighted by molar-refractivity contribution is 7.94. The van der Waals surface area contributed by atoms with E-state index in [0.717, 1.165) is 11.8 Å². The summed E-state index contributed by atoms with van der Waals surface area (Å²) in [5.74, 6) is 0.161. The third-order valence-corrected chi connectivity index (χ3v) is 4.03. The maximum absolute atomic E-state index is 12.0. The summed E-state index contributed by atoms with van der Waals surface area (Å²) in [4.78, 5) is 15.9. The molecule has 2 heterocycles. The molecule has 1 aromatic rings. The molecular formula is C11H15N3O3S. The lowest BCUT2D eigenvalue weighted by molar-refractivity contribution is 0.605. The van der Waals surface area contributed by atoms with Crippen molar-refractivity contribution >= 4 is 15.7 Å². The van der Waals surface area contributed by atoms with E-state index >= 15 is 0 Å². The predicted molar refractivity (Wildman–Crippen MR) is 69.1 cm³/mol. The van der Waals surface area contributed by atoms with Gasteiger partial charge in [-0.3, -0.25) is 4.79 Å². The van der Waals surface area contributed by atoms with E-state index in [9.17, 15) is 13.2 Å². The summed E-state index contributed by atoms with van der Waals surface area (Å²) in [5, 5.41) is 4.02. The van der Waals surface area contributed by atoms with Crippen LogP contribution < -0.4 is 10.9 Å². The van der Waals surface area contributed by atoms with Gasteiger partial charge in [-0.25, -0.2) is 13.4 Å². The van der Waals surface area contributed by atoms with Crippen molar-refractivity contribution in [2.75, 3.05) is 11.1 Å². The molecule has 0 saturated carbocycles. The molecule has 1 atom stereocenters. The van der Waals surface area contributed by atoms with Crippen molar-refractivity contribution < 1.29 is 8.42 Å². The van der Waals surface area contributed by atoms with E-state index < -0.39 is 9.84 Å². The Balaban J connectivity index is 2.18. The fourth-order valence-corrected chi connectivity index (χ4v) is 3.04. The van der Waals surface area contributed by atoms with E-state index in [-0.39, 0.29) is 23.2 Å². The summed E-state index contributed by atoms with van der Waals surface area (Å²) in [6.07, 6.45) is 5.54. The molecule has 6 nitrogen and oxygen atoms in total. The van der Waals surface area contributed by atoms with Gasteiger partial charge in [0.2, 0.25) is 0 Å². The van der Waals surface area contributed by atoms with Crippen molar-refractivity contribution in [3.63, 3.8) is 0 Å². The van der Waals surface area contributed by atoms with Crippen LogP contribution in [-0.4, -0.2) is 29.8 Å². The van der Waals surface area contributed by atoms with Gasteiger partial charge in [0, 0.05) is 24.3 Å². The SMILES string of the molecule is CCCn1ccnc(NC2C=CS(=O)(=O)C2)c1=O. The summed E-state index contributed by atoms with van der Waals surface area (Å²) in [7, 11) is -3.13. The zero-order valence-corrected chi connectivity index (χ0v) is 10.9. The average Bonchev–Trinajstić information content (AvgIpc) is 2.64. The Kier molecular flexibility index (Phi) is 3.51. The number of rotatable bonds is 4. The first-order chi connectivity index (χ1) is 8.52. The Morgan fingerprint density at radius 3 is 2.94 bits per heavy atom. The number of hydrogen-bond donors (Lipinski definition) is 1. The Hall–Kier alpha value is -1.63. The molecule has 0 bridgehead atoms. The molecule has 0 aliphatic carbocycles. The van der Waals surface area contributed by atoms with Gasteiger partial charge < -0.3 is 9.88 Å². The third-order valence-electron chi connectivity index (χ3n) is 2.63. The van der Waals surface area contributed by atoms with E-state index in [1.807, 2.05) is 6.92 Å². The second-order valence-electron chi connectivity index (χ2n) is 4.18. The lowest BCUT2D eigenvalue weighted by atomic mass is 10.3. The molecular weight excluding hydrogens is 254 g/mol. The lowest BCUT2D eigenvalue weighted by Crippen LogP contribution is -2.29. The van der Waals surface area contributed by atoms with Crippen molar-refractivity contribution in [2.24, 2.45) is 0 Å². The van der Waals surface area contributed by atoms with Crippen LogP contribution >= 0.6 is 0 Å². The molecule has 1 aliphatic heterocycles. The van der Waals surface area contributed by atoms with Gasteiger partial charge in [0.1, 0.15) is 0 Å². The van der Waals surface area contributed by atoms with Gasteiger partial charge >= 0.3 is 0 Å². The van der Waals surface area contributed by atoms with Crippen LogP contribution in [0.25, 0.3) is 0 Å². The molecule has 7 heteroatoms. The van der Waals surface area contributed by atoms with Crippen molar-refractivity contribution in [1.29, 1.82) is 0 Å². The zero-order valence-electron chi connectivity index (χ0n) is 10.0. The Morgan fingerprint density at radius 2 is 2.33 bits per heavy atom. The van der Waals surface area contributed by atoms with Gasteiger partial charge in [-0.15, -0.1) is 0 Å². The van der Waals surface area contributed by atoms with Crippen LogP contribution in [0.15, 0.2) is 28.7 Å². The fourth-order valence-electron chi connectivity index (χ4n) is 1.80. The normalized spacial score (nSPS) is 21.1. The average molecular weight is 269 g/mol. The summed E-state index contributed by atoms with van der Waals surface area (Å²) < 4.78 is 24.1. The van der Waals surface area contributed by atoms with Gasteiger partial charge in [-0.05, 0) is 12.5 Å². The van der Waals surface area contributed by atoms with Gasteiger partial charge in [0.25, 0.3) is 5.56 Å². The van der Waals surface area contributed by atoms with Crippen LogP contribution in [0.3, 0.4) is 0 Å². The molecule has 1 aromatic heterocycles. The van der Waals surface area contributed by atoms with Crippen molar-refractivity contribution in [3.8, 4) is 0 Å². The molecule has 1 unspecified atom stereocenters. The highest BCUT2D eigenvalue weighted by atomic mass is 32.2. The molecule has 0 aromatic carbocycles. The number of nitrogens with zero attached hydrogens (tertiary/aromatic N) is 2. The van der Waals surface area contributed by atoms with Crippen LogP contribution in [-0.2, 0) is 16.4 Å². The Bertz CT molecular complexity index is 619. The Morgan fingerprint density at radius 1 is 1.56 bits per heavy atom. The van der Waals surface area contributed by atoms with Crippen molar-refractivity contribution in [2.45, 2.75) is 25.9 Å². The molecule has 18 heavy (non-hydrogen) atoms. The smallest absolute Gasteiger partial charge is 0.293 e. The predicted octanol–water partition coefficient (Wildman–Crippen LogP) is 0.376. The molecule has 1 aliphatic rings. The maximum atomic E-state index is 12.0. The summed E-state index contributed by atoms with van der Waals surface area (Å²) in [5.41, 5.74) is -0.225. The molecule has 0 amide bonds. The second-order valence-corrected chi connectivity index (χ2v) is 6.11. The first-order valence-corrected chi connectivity index (χ1v) is 7.46. The van der Waals surface area contributed by atoms with E-state index in [1.165, 1.54) is 12.3 Å². The van der Waals surface area contributed by atoms with Crippen LogP contribution in [0.4, 0.5) is 5.82 Å². The molecule has 0 spiro atoms. The van der Waals surface area contributed by atoms with Gasteiger partial charge in [-0.1, -0.05) is 6.92 Å². The largest absolute Gasteiger partial charge is 0.358 e. The van der Waals surface area contributed by atoms with Crippen LogP contribution in [0.1, 0.15) is 13.3 Å². The van der Waals surface area contributed by atoms with Crippen LogP contribution in [0, 0.1) is 0 Å². The first kappa shape index (κ1) is 12.8. The zero-order chi connectivity index (χ0) is 13.2. The van der Waals surface area contributed by atoms with E-state index in [1.54, 1.807) is 10.8 Å². The minimum Gasteiger partial charge on any atom is -0.358 e. The molecule has 2 rings (SSSR count). The molecule has 0 saturated heterocycles. The highest BCUT2D eigenvalue weighted by Gasteiger charge is 2.22. The van der Waals surface area contributed by atoms with Crippen LogP contribution in [0.5, 0.6) is 0 Å². The number of sulfone groups is 1. The second kappa shape index (κ2) is 4.93. The summed E-state index contributed by atoms with van der Waals surface area (Å²) in [6, 6.07) is -0.382. The fraction of sp³-hybridized carbons (Fsp3) is 0.455. The van der Waals surface area contributed by atoms with E-state index in [2.05, 4.69) is 10.3 Å². The minimum atomic E-state index is -3.13. The topological polar surface area (TPSA) is 81.1 Å². The van der Waals surface area contributed by atoms with Gasteiger partial charge in [0.15, 0.2) is 15.7 Å². The van der Waals surface area contributed by atoms with Gasteiger partial charge in [0.05, 0.1) is 11.8 Å². The van der Waals surface area contributed by atoms with E-state index in [4.69, 9.17) is 0 Å². The van der Waals surface area contributed by atoms with Crippen molar-refractivity contribution in [1.82, 2.24) is 9.55 Å². The first-order valence-electron chi connectivity index (χ1n) is 5.75. The monoisotopic (exact) mass is 269 g/mol. The summed E-state index contributed by atoms with van der Waals surface area (Å²) >= 11 is 0.